The van der Waals surface area contributed by atoms with E-state index >= 15 is 0 Å². The van der Waals surface area contributed by atoms with Crippen molar-refractivity contribution < 1.29 is 0 Å². The van der Waals surface area contributed by atoms with Crippen LogP contribution >= 0.6 is 11.8 Å². The number of hydrogen-bond acceptors (Lipinski definition) is 2. The number of fused-ring (bicyclic) bond motifs is 6. The van der Waals surface area contributed by atoms with Gasteiger partial charge in [0.15, 0.2) is 0 Å². The summed E-state index contributed by atoms with van der Waals surface area (Å²) in [5.74, 6) is 3.22. The summed E-state index contributed by atoms with van der Waals surface area (Å²) in [4.78, 5) is 5.64. The molecule has 1 aliphatic heterocycles. The molecule has 6 aliphatic carbocycles. The lowest BCUT2D eigenvalue weighted by Gasteiger charge is -2.63. The summed E-state index contributed by atoms with van der Waals surface area (Å²) < 4.78 is 0. The maximum Gasteiger partial charge on any atom is 0.0502 e. The lowest BCUT2D eigenvalue weighted by Crippen LogP contribution is -2.57. The number of hydrogen-bond donors (Lipinski definition) is 0. The summed E-state index contributed by atoms with van der Waals surface area (Å²) in [5.41, 5.74) is 18.6. The predicted molar refractivity (Wildman–Crippen MR) is 248 cm³/mol. The minimum Gasteiger partial charge on any atom is -0.310 e. The van der Waals surface area contributed by atoms with Crippen LogP contribution in [0.4, 0.5) is 17.1 Å². The summed E-state index contributed by atoms with van der Waals surface area (Å²) in [5, 5.41) is 0. The van der Waals surface area contributed by atoms with Crippen LogP contribution in [0.3, 0.4) is 0 Å². The van der Waals surface area contributed by atoms with Crippen molar-refractivity contribution in [1.82, 2.24) is 0 Å². The van der Waals surface area contributed by atoms with Crippen LogP contribution < -0.4 is 4.90 Å². The van der Waals surface area contributed by atoms with Gasteiger partial charge in [0.2, 0.25) is 0 Å². The molecule has 4 bridgehead atoms. The predicted octanol–water partition coefficient (Wildman–Crippen LogP) is 15.7. The third-order valence-corrected chi connectivity index (χ3v) is 17.9. The number of anilines is 3. The van der Waals surface area contributed by atoms with E-state index in [0.29, 0.717) is 11.8 Å². The quantitative estimate of drug-likeness (QED) is 0.175. The SMILES string of the molecule is CC1(C)CCC(C)(C)c2c(N(c3ccc4c(c3)Sc3c(-c5ccccc5)cccc3C43C4CC5CC(C4)CC3C5)c3ccc4c(c3)C(C)(C)c3ccccc3-4)cccc21. The van der Waals surface area contributed by atoms with Gasteiger partial charge in [-0.2, -0.15) is 0 Å². The highest BCUT2D eigenvalue weighted by atomic mass is 32.2. The molecule has 6 aromatic rings. The van der Waals surface area contributed by atoms with Gasteiger partial charge in [-0.05, 0) is 165 Å². The van der Waals surface area contributed by atoms with Crippen molar-refractivity contribution in [3.05, 3.63) is 161 Å². The Morgan fingerprint density at radius 2 is 1.10 bits per heavy atom. The maximum atomic E-state index is 2.67. The zero-order valence-corrected chi connectivity index (χ0v) is 36.6. The average Bonchev–Trinajstić information content (AvgIpc) is 3.46. The van der Waals surface area contributed by atoms with Gasteiger partial charge in [0.1, 0.15) is 0 Å². The van der Waals surface area contributed by atoms with Crippen LogP contribution in [-0.2, 0) is 21.7 Å². The van der Waals surface area contributed by atoms with Gasteiger partial charge in [-0.3, -0.25) is 0 Å². The van der Waals surface area contributed by atoms with E-state index in [1.807, 2.05) is 0 Å². The zero-order valence-electron chi connectivity index (χ0n) is 35.7. The fraction of sp³-hybridized carbons (Fsp3) is 0.368. The van der Waals surface area contributed by atoms with Crippen molar-refractivity contribution in [3.8, 4) is 22.3 Å². The number of rotatable bonds is 4. The van der Waals surface area contributed by atoms with Gasteiger partial charge in [-0.25, -0.2) is 0 Å². The molecule has 0 saturated heterocycles. The highest BCUT2D eigenvalue weighted by Crippen LogP contribution is 2.70. The first-order valence-corrected chi connectivity index (χ1v) is 23.5. The molecule has 1 nitrogen and oxygen atoms in total. The molecule has 0 unspecified atom stereocenters. The summed E-state index contributed by atoms with van der Waals surface area (Å²) in [6, 6.07) is 50.0. The van der Waals surface area contributed by atoms with Crippen molar-refractivity contribution in [2.24, 2.45) is 23.7 Å². The monoisotopic (exact) mass is 787 g/mol. The largest absolute Gasteiger partial charge is 0.310 e. The van der Waals surface area contributed by atoms with Gasteiger partial charge >= 0.3 is 0 Å². The normalized spacial score (nSPS) is 26.7. The second-order valence-corrected chi connectivity index (χ2v) is 22.3. The Morgan fingerprint density at radius 3 is 1.88 bits per heavy atom. The first-order valence-electron chi connectivity index (χ1n) is 22.6. The molecule has 1 spiro atoms. The Hall–Kier alpha value is -4.53. The van der Waals surface area contributed by atoms with Crippen LogP contribution in [0.5, 0.6) is 0 Å². The van der Waals surface area contributed by atoms with Crippen LogP contribution in [0.1, 0.15) is 120 Å². The third kappa shape index (κ3) is 5.05. The van der Waals surface area contributed by atoms with Gasteiger partial charge in [-0.15, -0.1) is 0 Å². The molecule has 2 heteroatoms. The zero-order chi connectivity index (χ0) is 40.1. The molecule has 0 aromatic heterocycles. The fourth-order valence-corrected chi connectivity index (χ4v) is 15.5. The van der Waals surface area contributed by atoms with E-state index in [2.05, 4.69) is 186 Å². The molecule has 13 rings (SSSR count). The smallest absolute Gasteiger partial charge is 0.0502 e. The van der Waals surface area contributed by atoms with Crippen molar-refractivity contribution in [2.45, 2.75) is 118 Å². The molecule has 7 aliphatic rings. The Labute approximate surface area is 356 Å². The van der Waals surface area contributed by atoms with E-state index in [1.54, 1.807) is 11.1 Å². The minimum atomic E-state index is -0.0832. The van der Waals surface area contributed by atoms with Crippen molar-refractivity contribution in [3.63, 3.8) is 0 Å². The molecule has 0 amide bonds. The first-order chi connectivity index (χ1) is 28.4. The van der Waals surface area contributed by atoms with Crippen LogP contribution in [-0.4, -0.2) is 0 Å². The Morgan fingerprint density at radius 1 is 0.492 bits per heavy atom. The van der Waals surface area contributed by atoms with Crippen LogP contribution in [0.25, 0.3) is 22.3 Å². The second kappa shape index (κ2) is 12.5. The van der Waals surface area contributed by atoms with Crippen LogP contribution in [0.2, 0.25) is 0 Å². The van der Waals surface area contributed by atoms with Crippen LogP contribution in [0.15, 0.2) is 137 Å². The molecule has 0 atom stereocenters. The van der Waals surface area contributed by atoms with E-state index in [-0.39, 0.29) is 21.7 Å². The molecule has 4 fully saturated rings. The average molecular weight is 788 g/mol. The van der Waals surface area contributed by atoms with E-state index in [4.69, 9.17) is 0 Å². The number of benzene rings is 6. The molecule has 4 saturated carbocycles. The maximum absolute atomic E-state index is 2.67. The lowest BCUT2D eigenvalue weighted by molar-refractivity contribution is -0.0443. The molecule has 1 heterocycles. The molecule has 296 valence electrons. The van der Waals surface area contributed by atoms with Crippen molar-refractivity contribution >= 4 is 28.8 Å². The summed E-state index contributed by atoms with van der Waals surface area (Å²) in [6.07, 6.45) is 9.38. The molecule has 0 N–H and O–H groups in total. The lowest BCUT2D eigenvalue weighted by atomic mass is 9.42. The van der Waals surface area contributed by atoms with Crippen molar-refractivity contribution in [2.75, 3.05) is 4.90 Å². The number of nitrogens with zero attached hydrogens (tertiary/aromatic N) is 1. The van der Waals surface area contributed by atoms with Gasteiger partial charge in [0, 0.05) is 32.0 Å². The minimum absolute atomic E-state index is 0.0445. The van der Waals surface area contributed by atoms with Gasteiger partial charge < -0.3 is 4.90 Å². The second-order valence-electron chi connectivity index (χ2n) is 21.2. The summed E-state index contributed by atoms with van der Waals surface area (Å²) in [6.45, 7) is 14.8. The van der Waals surface area contributed by atoms with Gasteiger partial charge in [0.25, 0.3) is 0 Å². The highest BCUT2D eigenvalue weighted by molar-refractivity contribution is 7.99. The van der Waals surface area contributed by atoms with E-state index in [0.717, 1.165) is 11.8 Å². The molecule has 59 heavy (non-hydrogen) atoms. The van der Waals surface area contributed by atoms with E-state index in [1.165, 1.54) is 116 Å². The standard InChI is InChI=1S/C57H57NS/c1-54(2)26-27-55(3,4)52-47(54)19-13-21-50(52)58(40-22-24-44-43-16-10-11-18-45(43)56(5,6)49(44)33-40)41-23-25-46-51(34-41)59-53-42(37-14-8-7-9-15-37)17-12-20-48(53)57(46)38-29-35-28-36(31-38)32-39(57)30-35/h7-25,33-36,38-39H,26-32H2,1-6H3. The van der Waals surface area contributed by atoms with E-state index in [9.17, 15) is 0 Å². The third-order valence-electron chi connectivity index (χ3n) is 16.7. The Bertz CT molecular complexity index is 2670. The Balaban J connectivity index is 1.10. The Kier molecular flexibility index (Phi) is 7.70. The molecular formula is C57H57NS. The topological polar surface area (TPSA) is 3.24 Å². The highest BCUT2D eigenvalue weighted by Gasteiger charge is 2.61. The van der Waals surface area contributed by atoms with Crippen LogP contribution in [0, 0.1) is 23.7 Å². The molecule has 6 aromatic carbocycles. The van der Waals surface area contributed by atoms with Gasteiger partial charge in [-0.1, -0.05) is 150 Å². The van der Waals surface area contributed by atoms with Gasteiger partial charge in [0.05, 0.1) is 5.69 Å². The summed E-state index contributed by atoms with van der Waals surface area (Å²) >= 11 is 2.06. The summed E-state index contributed by atoms with van der Waals surface area (Å²) in [7, 11) is 0. The van der Waals surface area contributed by atoms with Crippen molar-refractivity contribution in [1.29, 1.82) is 0 Å². The molecular weight excluding hydrogens is 731 g/mol. The first kappa shape index (κ1) is 36.3. The molecule has 0 radical (unpaired) electrons. The fourth-order valence-electron chi connectivity index (χ4n) is 14.1. The van der Waals surface area contributed by atoms with E-state index < -0.39 is 0 Å².